The van der Waals surface area contributed by atoms with E-state index in [1.54, 1.807) is 0 Å². The van der Waals surface area contributed by atoms with Crippen LogP contribution in [0.25, 0.3) is 0 Å². The lowest BCUT2D eigenvalue weighted by atomic mass is 10.2. The van der Waals surface area contributed by atoms with Crippen molar-refractivity contribution in [3.63, 3.8) is 0 Å². The summed E-state index contributed by atoms with van der Waals surface area (Å²) < 4.78 is 4.40. The maximum Gasteiger partial charge on any atom is 0.205 e. The third kappa shape index (κ3) is 6.19. The molecule has 1 saturated heterocycles. The number of rotatable bonds is 7. The predicted molar refractivity (Wildman–Crippen MR) is 122 cm³/mol. The summed E-state index contributed by atoms with van der Waals surface area (Å²) in [5.74, 6) is 1.95. The normalized spacial score (nSPS) is 16.6. The number of piperazine rings is 1. The van der Waals surface area contributed by atoms with Crippen LogP contribution < -0.4 is 10.2 Å². The molecule has 9 heteroatoms. The summed E-state index contributed by atoms with van der Waals surface area (Å²) in [4.78, 5) is 16.2. The fourth-order valence-corrected chi connectivity index (χ4v) is 3.97. The van der Waals surface area contributed by atoms with Gasteiger partial charge in [0.15, 0.2) is 5.96 Å². The Morgan fingerprint density at radius 1 is 1.23 bits per heavy atom. The molecule has 1 fully saturated rings. The molecule has 1 atom stereocenters. The van der Waals surface area contributed by atoms with Crippen LogP contribution in [0.2, 0.25) is 0 Å². The summed E-state index contributed by atoms with van der Waals surface area (Å²) in [5, 5.41) is 4.60. The molecule has 0 amide bonds. The second-order valence-corrected chi connectivity index (χ2v) is 7.05. The van der Waals surface area contributed by atoms with E-state index in [9.17, 15) is 0 Å². The number of aromatic nitrogens is 2. The number of nitrogens with zero attached hydrogens (tertiary/aromatic N) is 6. The first-order chi connectivity index (χ1) is 12.1. The number of likely N-dealkylation sites (N-methyl/N-ethyl adjacent to an activating group) is 1. The molecular formula is C17H34IN7S. The molecule has 2 rings (SSSR count). The van der Waals surface area contributed by atoms with Gasteiger partial charge in [-0.15, -0.1) is 24.0 Å². The first-order valence-electron chi connectivity index (χ1n) is 9.40. The molecule has 0 saturated carbocycles. The Bertz CT molecular complexity index is 539. The van der Waals surface area contributed by atoms with Gasteiger partial charge in [0.1, 0.15) is 5.82 Å². The van der Waals surface area contributed by atoms with Crippen LogP contribution in [0.4, 0.5) is 5.13 Å². The van der Waals surface area contributed by atoms with Crippen molar-refractivity contribution in [2.45, 2.75) is 40.2 Å². The predicted octanol–water partition coefficient (Wildman–Crippen LogP) is 2.15. The fourth-order valence-electron chi connectivity index (χ4n) is 3.17. The summed E-state index contributed by atoms with van der Waals surface area (Å²) in [6.07, 6.45) is 0.901. The first-order valence-corrected chi connectivity index (χ1v) is 10.2. The van der Waals surface area contributed by atoms with Gasteiger partial charge in [-0.1, -0.05) is 20.8 Å². The minimum atomic E-state index is 0. The molecular weight excluding hydrogens is 461 g/mol. The molecule has 1 aromatic rings. The van der Waals surface area contributed by atoms with E-state index in [4.69, 9.17) is 0 Å². The summed E-state index contributed by atoms with van der Waals surface area (Å²) in [6, 6.07) is 0.502. The van der Waals surface area contributed by atoms with E-state index in [1.807, 2.05) is 7.05 Å². The van der Waals surface area contributed by atoms with E-state index in [1.165, 1.54) is 11.5 Å². The van der Waals surface area contributed by atoms with Gasteiger partial charge in [0.2, 0.25) is 5.13 Å². The lowest BCUT2D eigenvalue weighted by molar-refractivity contribution is 0.229. The van der Waals surface area contributed by atoms with Crippen molar-refractivity contribution in [3.8, 4) is 0 Å². The van der Waals surface area contributed by atoms with Gasteiger partial charge < -0.3 is 15.1 Å². The molecule has 0 bridgehead atoms. The van der Waals surface area contributed by atoms with Gasteiger partial charge in [-0.05, 0) is 20.0 Å². The molecule has 150 valence electrons. The van der Waals surface area contributed by atoms with Crippen molar-refractivity contribution < 1.29 is 0 Å². The van der Waals surface area contributed by atoms with E-state index >= 15 is 0 Å². The zero-order chi connectivity index (χ0) is 18.2. The smallest absolute Gasteiger partial charge is 0.205 e. The topological polar surface area (TPSA) is 59.9 Å². The first kappa shape index (κ1) is 23.4. The number of hydrogen-bond acceptors (Lipinski definition) is 6. The van der Waals surface area contributed by atoms with Crippen molar-refractivity contribution in [1.82, 2.24) is 24.5 Å². The highest BCUT2D eigenvalue weighted by Gasteiger charge is 2.22. The zero-order valence-corrected chi connectivity index (χ0v) is 19.9. The highest BCUT2D eigenvalue weighted by atomic mass is 127. The lowest BCUT2D eigenvalue weighted by Crippen LogP contribution is -2.54. The average Bonchev–Trinajstić information content (AvgIpc) is 3.13. The van der Waals surface area contributed by atoms with Gasteiger partial charge in [-0.3, -0.25) is 9.89 Å². The third-order valence-electron chi connectivity index (χ3n) is 4.83. The standard InChI is InChI=1S/C17H33N7S.HI/c1-6-15-20-17(25-21-15)24-11-9-23(10-12-24)16(18-5)19-13-14(4)22(7-2)8-3;/h14H,6-13H2,1-5H3,(H,18,19);1H. The van der Waals surface area contributed by atoms with Crippen LogP contribution in [0.3, 0.4) is 0 Å². The molecule has 7 nitrogen and oxygen atoms in total. The quantitative estimate of drug-likeness (QED) is 0.356. The lowest BCUT2D eigenvalue weighted by Gasteiger charge is -2.37. The fraction of sp³-hybridized carbons (Fsp3) is 0.824. The van der Waals surface area contributed by atoms with Crippen molar-refractivity contribution >= 4 is 46.6 Å². The van der Waals surface area contributed by atoms with Crippen LogP contribution in [0.15, 0.2) is 4.99 Å². The Morgan fingerprint density at radius 3 is 2.38 bits per heavy atom. The summed E-state index contributed by atoms with van der Waals surface area (Å²) in [5.41, 5.74) is 0. The highest BCUT2D eigenvalue weighted by Crippen LogP contribution is 2.19. The van der Waals surface area contributed by atoms with Crippen molar-refractivity contribution in [2.24, 2.45) is 4.99 Å². The van der Waals surface area contributed by atoms with Gasteiger partial charge >= 0.3 is 0 Å². The van der Waals surface area contributed by atoms with Gasteiger partial charge in [0.25, 0.3) is 0 Å². The number of hydrogen-bond donors (Lipinski definition) is 1. The maximum atomic E-state index is 4.60. The van der Waals surface area contributed by atoms with Gasteiger partial charge in [0, 0.05) is 63.8 Å². The number of halogens is 1. The Kier molecular flexibility index (Phi) is 10.7. The van der Waals surface area contributed by atoms with Crippen LogP contribution in [0.1, 0.15) is 33.5 Å². The molecule has 1 aromatic heterocycles. The molecule has 1 aliphatic heterocycles. The van der Waals surface area contributed by atoms with Gasteiger partial charge in [0.05, 0.1) is 0 Å². The van der Waals surface area contributed by atoms with Gasteiger partial charge in [-0.2, -0.15) is 4.37 Å². The van der Waals surface area contributed by atoms with Crippen molar-refractivity contribution in [3.05, 3.63) is 5.82 Å². The van der Waals surface area contributed by atoms with E-state index in [0.717, 1.165) is 69.1 Å². The molecule has 0 radical (unpaired) electrons. The number of aryl methyl sites for hydroxylation is 1. The Balaban J connectivity index is 0.00000338. The summed E-state index contributed by atoms with van der Waals surface area (Å²) in [7, 11) is 1.87. The van der Waals surface area contributed by atoms with Gasteiger partial charge in [-0.25, -0.2) is 4.98 Å². The van der Waals surface area contributed by atoms with E-state index in [0.29, 0.717) is 6.04 Å². The van der Waals surface area contributed by atoms with Crippen molar-refractivity contribution in [2.75, 3.05) is 57.8 Å². The molecule has 0 aromatic carbocycles. The van der Waals surface area contributed by atoms with Crippen LogP contribution in [-0.4, -0.2) is 84.0 Å². The minimum Gasteiger partial charge on any atom is -0.355 e. The number of anilines is 1. The Labute approximate surface area is 179 Å². The highest BCUT2D eigenvalue weighted by molar-refractivity contribution is 14.0. The van der Waals surface area contributed by atoms with Crippen LogP contribution >= 0.6 is 35.5 Å². The number of guanidine groups is 1. The van der Waals surface area contributed by atoms with Crippen LogP contribution in [0, 0.1) is 0 Å². The van der Waals surface area contributed by atoms with E-state index in [2.05, 4.69) is 62.1 Å². The second kappa shape index (κ2) is 11.9. The molecule has 0 spiro atoms. The average molecular weight is 495 g/mol. The largest absolute Gasteiger partial charge is 0.355 e. The monoisotopic (exact) mass is 495 g/mol. The second-order valence-electron chi connectivity index (χ2n) is 6.32. The SMILES string of the molecule is CCc1nsc(N2CCN(C(=NC)NCC(C)N(CC)CC)CC2)n1.I. The Morgan fingerprint density at radius 2 is 1.88 bits per heavy atom. The van der Waals surface area contributed by atoms with E-state index < -0.39 is 0 Å². The summed E-state index contributed by atoms with van der Waals surface area (Å²) >= 11 is 1.51. The number of nitrogens with one attached hydrogen (secondary N) is 1. The zero-order valence-electron chi connectivity index (χ0n) is 16.7. The van der Waals surface area contributed by atoms with Crippen molar-refractivity contribution in [1.29, 1.82) is 0 Å². The van der Waals surface area contributed by atoms with E-state index in [-0.39, 0.29) is 24.0 Å². The Hall–Kier alpha value is -0.680. The molecule has 1 aliphatic rings. The number of aliphatic imine (C=N–C) groups is 1. The van der Waals surface area contributed by atoms with Crippen LogP contribution in [0.5, 0.6) is 0 Å². The molecule has 2 heterocycles. The molecule has 26 heavy (non-hydrogen) atoms. The maximum absolute atomic E-state index is 4.60. The minimum absolute atomic E-state index is 0. The molecule has 1 N–H and O–H groups in total. The molecule has 0 aliphatic carbocycles. The molecule has 1 unspecified atom stereocenters. The van der Waals surface area contributed by atoms with Crippen LogP contribution in [-0.2, 0) is 6.42 Å². The third-order valence-corrected chi connectivity index (χ3v) is 5.64. The summed E-state index contributed by atoms with van der Waals surface area (Å²) in [6.45, 7) is 15.7.